The first-order valence-corrected chi connectivity index (χ1v) is 10.0. The van der Waals surface area contributed by atoms with Gasteiger partial charge in [0.05, 0.1) is 26.9 Å². The molecule has 0 aromatic heterocycles. The largest absolute Gasteiger partial charge is 0.493 e. The summed E-state index contributed by atoms with van der Waals surface area (Å²) in [5.41, 5.74) is 0.390. The summed E-state index contributed by atoms with van der Waals surface area (Å²) in [7, 11) is 3.99. The van der Waals surface area contributed by atoms with Gasteiger partial charge in [0.15, 0.2) is 29.6 Å². The molecule has 0 aliphatic heterocycles. The van der Waals surface area contributed by atoms with Crippen molar-refractivity contribution in [2.24, 2.45) is 0 Å². The number of carbonyl (C=O) groups excluding carboxylic acids is 2. The molecule has 0 radical (unpaired) electrons. The monoisotopic (exact) mass is 519 g/mol. The molecule has 0 saturated carbocycles. The molecule has 2 rings (SSSR count). The van der Waals surface area contributed by atoms with Crippen LogP contribution in [0, 0.1) is 0 Å². The van der Waals surface area contributed by atoms with Crippen molar-refractivity contribution < 1.29 is 55.2 Å². The second kappa shape index (κ2) is 12.6. The van der Waals surface area contributed by atoms with Crippen molar-refractivity contribution in [2.45, 2.75) is 12.8 Å². The standard InChI is InChI=1S/C23H22F5NO7/c1-32-16-7-5-14(10-19(16)34-3)15(21(31)35-11-20(30)29-12-23(26,27)28)8-13-4-6-17(36-22(24)25)18(9-13)33-2/h4-10,22H,11-12H2,1-3H3,(H,29,30)/b15-8-. The van der Waals surface area contributed by atoms with Crippen molar-refractivity contribution in [3.8, 4) is 23.0 Å². The summed E-state index contributed by atoms with van der Waals surface area (Å²) in [6, 6.07) is 8.25. The number of alkyl halides is 5. The van der Waals surface area contributed by atoms with E-state index in [2.05, 4.69) is 4.74 Å². The van der Waals surface area contributed by atoms with Crippen molar-refractivity contribution >= 4 is 23.5 Å². The van der Waals surface area contributed by atoms with E-state index in [1.54, 1.807) is 5.32 Å². The van der Waals surface area contributed by atoms with Crippen LogP contribution in [0.1, 0.15) is 11.1 Å². The van der Waals surface area contributed by atoms with E-state index in [9.17, 15) is 31.5 Å². The maximum Gasteiger partial charge on any atom is 0.405 e. The van der Waals surface area contributed by atoms with Gasteiger partial charge in [0, 0.05) is 0 Å². The number of rotatable bonds is 11. The number of benzene rings is 2. The summed E-state index contributed by atoms with van der Waals surface area (Å²) >= 11 is 0. The third-order valence-corrected chi connectivity index (χ3v) is 4.45. The quantitative estimate of drug-likeness (QED) is 0.207. The number of hydrogen-bond donors (Lipinski definition) is 1. The summed E-state index contributed by atoms with van der Waals surface area (Å²) < 4.78 is 86.8. The fraction of sp³-hybridized carbons (Fsp3) is 0.304. The minimum Gasteiger partial charge on any atom is -0.493 e. The average molecular weight is 519 g/mol. The Morgan fingerprint density at radius 2 is 1.53 bits per heavy atom. The van der Waals surface area contributed by atoms with Gasteiger partial charge in [0.1, 0.15) is 6.54 Å². The molecule has 36 heavy (non-hydrogen) atoms. The topological polar surface area (TPSA) is 92.3 Å². The Morgan fingerprint density at radius 1 is 0.917 bits per heavy atom. The molecule has 0 fully saturated rings. The number of esters is 1. The minimum absolute atomic E-state index is 0.0596. The molecule has 13 heteroatoms. The molecule has 0 spiro atoms. The first-order valence-electron chi connectivity index (χ1n) is 10.0. The Kier molecular flexibility index (Phi) is 9.88. The third kappa shape index (κ3) is 8.32. The summed E-state index contributed by atoms with van der Waals surface area (Å²) in [5, 5.41) is 1.59. The number of hydrogen-bond acceptors (Lipinski definition) is 7. The summed E-state index contributed by atoms with van der Waals surface area (Å²) in [5.74, 6) is -1.94. The highest BCUT2D eigenvalue weighted by atomic mass is 19.4. The van der Waals surface area contributed by atoms with Crippen LogP contribution in [0.15, 0.2) is 36.4 Å². The Bertz CT molecular complexity index is 1100. The van der Waals surface area contributed by atoms with Crippen molar-refractivity contribution in [3.05, 3.63) is 47.5 Å². The molecule has 2 aromatic rings. The highest BCUT2D eigenvalue weighted by molar-refractivity contribution is 6.22. The Balaban J connectivity index is 2.41. The summed E-state index contributed by atoms with van der Waals surface area (Å²) in [6.45, 7) is -5.67. The van der Waals surface area contributed by atoms with Crippen LogP contribution in [-0.2, 0) is 14.3 Å². The maximum absolute atomic E-state index is 12.9. The molecule has 0 atom stereocenters. The number of nitrogens with one attached hydrogen (secondary N) is 1. The average Bonchev–Trinajstić information content (AvgIpc) is 2.84. The summed E-state index contributed by atoms with van der Waals surface area (Å²) in [6.07, 6.45) is -3.34. The normalized spacial score (nSPS) is 11.6. The molecule has 0 aliphatic rings. The predicted molar refractivity (Wildman–Crippen MR) is 117 cm³/mol. The fourth-order valence-electron chi connectivity index (χ4n) is 2.86. The molecule has 0 saturated heterocycles. The van der Waals surface area contributed by atoms with Gasteiger partial charge >= 0.3 is 18.8 Å². The van der Waals surface area contributed by atoms with Gasteiger partial charge in [0.25, 0.3) is 5.91 Å². The molecular weight excluding hydrogens is 497 g/mol. The van der Waals surface area contributed by atoms with Crippen molar-refractivity contribution in [3.63, 3.8) is 0 Å². The number of methoxy groups -OCH3 is 3. The number of carbonyl (C=O) groups is 2. The van der Waals surface area contributed by atoms with Crippen molar-refractivity contribution in [1.29, 1.82) is 0 Å². The van der Waals surface area contributed by atoms with Crippen LogP contribution in [0.25, 0.3) is 11.6 Å². The van der Waals surface area contributed by atoms with E-state index in [0.29, 0.717) is 5.75 Å². The lowest BCUT2D eigenvalue weighted by Gasteiger charge is -2.14. The van der Waals surface area contributed by atoms with Gasteiger partial charge in [-0.1, -0.05) is 12.1 Å². The third-order valence-electron chi connectivity index (χ3n) is 4.45. The fourth-order valence-corrected chi connectivity index (χ4v) is 2.86. The SMILES string of the molecule is COc1ccc(/C(=C/c2ccc(OC(F)F)c(OC)c2)C(=O)OCC(=O)NCC(F)(F)F)cc1OC. The van der Waals surface area contributed by atoms with Gasteiger partial charge < -0.3 is 29.0 Å². The minimum atomic E-state index is -4.64. The van der Waals surface area contributed by atoms with Crippen LogP contribution < -0.4 is 24.3 Å². The van der Waals surface area contributed by atoms with E-state index >= 15 is 0 Å². The van der Waals surface area contributed by atoms with Gasteiger partial charge in [-0.15, -0.1) is 0 Å². The molecule has 8 nitrogen and oxygen atoms in total. The lowest BCUT2D eigenvalue weighted by Crippen LogP contribution is -2.36. The first kappa shape index (κ1) is 28.2. The zero-order chi connectivity index (χ0) is 26.9. The highest BCUT2D eigenvalue weighted by Gasteiger charge is 2.28. The Morgan fingerprint density at radius 3 is 2.11 bits per heavy atom. The number of amides is 1. The highest BCUT2D eigenvalue weighted by Crippen LogP contribution is 2.34. The van der Waals surface area contributed by atoms with Gasteiger partial charge in [-0.2, -0.15) is 22.0 Å². The van der Waals surface area contributed by atoms with Gasteiger partial charge in [-0.05, 0) is 41.5 Å². The zero-order valence-corrected chi connectivity index (χ0v) is 19.3. The lowest BCUT2D eigenvalue weighted by atomic mass is 10.0. The summed E-state index contributed by atoms with van der Waals surface area (Å²) in [4.78, 5) is 24.5. The van der Waals surface area contributed by atoms with Gasteiger partial charge in [-0.3, -0.25) is 4.79 Å². The maximum atomic E-state index is 12.9. The van der Waals surface area contributed by atoms with E-state index in [1.807, 2.05) is 0 Å². The molecule has 0 heterocycles. The molecule has 0 bridgehead atoms. The zero-order valence-electron chi connectivity index (χ0n) is 19.3. The molecule has 1 N–H and O–H groups in total. The van der Waals surface area contributed by atoms with Crippen molar-refractivity contribution in [1.82, 2.24) is 5.32 Å². The van der Waals surface area contributed by atoms with E-state index in [0.717, 1.165) is 0 Å². The number of halogens is 5. The van der Waals surface area contributed by atoms with Crippen molar-refractivity contribution in [2.75, 3.05) is 34.5 Å². The van der Waals surface area contributed by atoms with E-state index in [4.69, 9.17) is 18.9 Å². The Labute approximate surface area is 202 Å². The van der Waals surface area contributed by atoms with Crippen LogP contribution in [0.5, 0.6) is 23.0 Å². The number of ether oxygens (including phenoxy) is 5. The van der Waals surface area contributed by atoms with Crippen LogP contribution in [0.4, 0.5) is 22.0 Å². The second-order valence-electron chi connectivity index (χ2n) is 6.88. The molecule has 1 amide bonds. The van der Waals surface area contributed by atoms with Crippen LogP contribution >= 0.6 is 0 Å². The molecular formula is C23H22F5NO7. The molecule has 0 unspecified atom stereocenters. The van der Waals surface area contributed by atoms with Gasteiger partial charge in [0.2, 0.25) is 0 Å². The predicted octanol–water partition coefficient (Wildman–Crippen LogP) is 4.08. The smallest absolute Gasteiger partial charge is 0.405 e. The molecule has 196 valence electrons. The van der Waals surface area contributed by atoms with E-state index in [-0.39, 0.29) is 33.9 Å². The molecule has 0 aliphatic carbocycles. The van der Waals surface area contributed by atoms with E-state index < -0.39 is 37.8 Å². The van der Waals surface area contributed by atoms with Crippen LogP contribution in [0.2, 0.25) is 0 Å². The second-order valence-corrected chi connectivity index (χ2v) is 6.88. The van der Waals surface area contributed by atoms with Gasteiger partial charge in [-0.25, -0.2) is 4.79 Å². The van der Waals surface area contributed by atoms with Crippen LogP contribution in [0.3, 0.4) is 0 Å². The van der Waals surface area contributed by atoms with Crippen LogP contribution in [-0.4, -0.2) is 59.1 Å². The lowest BCUT2D eigenvalue weighted by molar-refractivity contribution is -0.147. The molecule has 2 aromatic carbocycles. The first-order chi connectivity index (χ1) is 17.0. The van der Waals surface area contributed by atoms with E-state index in [1.165, 1.54) is 63.8 Å². The Hall–Kier alpha value is -4.03.